The van der Waals surface area contributed by atoms with Gasteiger partial charge in [-0.15, -0.1) is 0 Å². The van der Waals surface area contributed by atoms with Gasteiger partial charge in [0.25, 0.3) is 5.52 Å². The van der Waals surface area contributed by atoms with Crippen LogP contribution in [0.25, 0.3) is 17.2 Å². The minimum atomic E-state index is -3.78. The predicted octanol–water partition coefficient (Wildman–Crippen LogP) is 7.35. The molecule has 208 valence electrons. The van der Waals surface area contributed by atoms with Gasteiger partial charge in [0.05, 0.1) is 21.6 Å². The van der Waals surface area contributed by atoms with Crippen molar-refractivity contribution in [3.63, 3.8) is 0 Å². The van der Waals surface area contributed by atoms with E-state index in [1.54, 1.807) is 24.3 Å². The van der Waals surface area contributed by atoms with Crippen LogP contribution in [0.1, 0.15) is 39.0 Å². The van der Waals surface area contributed by atoms with Crippen molar-refractivity contribution < 1.29 is 22.1 Å². The van der Waals surface area contributed by atoms with Crippen LogP contribution < -0.4 is 14.2 Å². The summed E-state index contributed by atoms with van der Waals surface area (Å²) in [6, 6.07) is 24.5. The number of hydrogen-bond donors (Lipinski definition) is 0. The van der Waals surface area contributed by atoms with Crippen LogP contribution >= 0.6 is 0 Å². The largest absolute Gasteiger partial charge is 0.439 e. The van der Waals surface area contributed by atoms with Crippen LogP contribution in [0.4, 0.5) is 5.69 Å². The van der Waals surface area contributed by atoms with E-state index in [0.717, 1.165) is 53.2 Å². The zero-order valence-corrected chi connectivity index (χ0v) is 24.1. The van der Waals surface area contributed by atoms with Crippen molar-refractivity contribution in [1.29, 1.82) is 0 Å². The van der Waals surface area contributed by atoms with Gasteiger partial charge in [-0.1, -0.05) is 48.5 Å². The first-order valence-corrected chi connectivity index (χ1v) is 15.6. The van der Waals surface area contributed by atoms with E-state index >= 15 is 0 Å². The van der Waals surface area contributed by atoms with Gasteiger partial charge in [0.2, 0.25) is 21.3 Å². The number of benzene rings is 3. The molecule has 0 saturated carbocycles. The smallest absolute Gasteiger partial charge is 0.374 e. The Morgan fingerprint density at radius 3 is 2.44 bits per heavy atom. The molecule has 0 atom stereocenters. The monoisotopic (exact) mass is 565 g/mol. The first-order valence-electron chi connectivity index (χ1n) is 14.1. The van der Waals surface area contributed by atoms with E-state index in [-0.39, 0.29) is 4.90 Å². The fourth-order valence-corrected chi connectivity index (χ4v) is 7.41. The van der Waals surface area contributed by atoms with E-state index in [9.17, 15) is 8.42 Å². The fraction of sp³-hybridized carbons (Fsp3) is 0.206. The van der Waals surface area contributed by atoms with Gasteiger partial charge < -0.3 is 14.1 Å². The average molecular weight is 566 g/mol. The fourth-order valence-electron chi connectivity index (χ4n) is 5.63. The second-order valence-corrected chi connectivity index (χ2v) is 11.9. The molecule has 0 N–H and O–H groups in total. The van der Waals surface area contributed by atoms with Crippen molar-refractivity contribution in [2.45, 2.75) is 44.6 Å². The molecule has 2 aliphatic rings. The Labute approximate surface area is 241 Å². The summed E-state index contributed by atoms with van der Waals surface area (Å²) in [6.45, 7) is 5.61. The van der Waals surface area contributed by atoms with Gasteiger partial charge in [-0.3, -0.25) is 0 Å². The second-order valence-electron chi connectivity index (χ2n) is 10.0. The summed E-state index contributed by atoms with van der Waals surface area (Å²) in [6.07, 6.45) is 9.78. The number of ether oxygens (including phenoxy) is 1. The Morgan fingerprint density at radius 1 is 0.878 bits per heavy atom. The lowest BCUT2D eigenvalue weighted by molar-refractivity contribution is -0.674. The summed E-state index contributed by atoms with van der Waals surface area (Å²) >= 11 is 0. The Balaban J connectivity index is 1.46. The zero-order valence-electron chi connectivity index (χ0n) is 23.3. The molecule has 6 nitrogen and oxygen atoms in total. The van der Waals surface area contributed by atoms with Crippen LogP contribution in [-0.2, 0) is 16.4 Å². The van der Waals surface area contributed by atoms with Crippen LogP contribution in [0.3, 0.4) is 0 Å². The lowest BCUT2D eigenvalue weighted by atomic mass is 9.94. The lowest BCUT2D eigenvalue weighted by Crippen LogP contribution is -2.33. The first kappa shape index (κ1) is 26.8. The highest BCUT2D eigenvalue weighted by Gasteiger charge is 2.30. The molecule has 41 heavy (non-hydrogen) atoms. The highest BCUT2D eigenvalue weighted by Crippen LogP contribution is 2.40. The van der Waals surface area contributed by atoms with E-state index in [2.05, 4.69) is 23.3 Å². The minimum absolute atomic E-state index is 0.286. The normalized spacial score (nSPS) is 17.7. The topological polar surface area (TPSA) is 63.6 Å². The Hall–Kier alpha value is -4.36. The van der Waals surface area contributed by atoms with Gasteiger partial charge in [-0.2, -0.15) is 4.57 Å². The van der Waals surface area contributed by atoms with Gasteiger partial charge >= 0.3 is 5.89 Å². The van der Waals surface area contributed by atoms with Gasteiger partial charge in [0, 0.05) is 12.6 Å². The number of aromatic nitrogens is 1. The Morgan fingerprint density at radius 2 is 1.63 bits per heavy atom. The van der Waals surface area contributed by atoms with Crippen molar-refractivity contribution in [3.8, 4) is 5.75 Å². The molecule has 1 aliphatic carbocycles. The summed E-state index contributed by atoms with van der Waals surface area (Å²) in [4.78, 5) is 2.74. The molecule has 0 bridgehead atoms. The number of aryl methyl sites for hydroxylation is 1. The molecule has 7 heteroatoms. The SMILES string of the molecule is CCN1/C(=C/C=C2\CCCC(/C=C/c3oc4ccccc4[n+]3CC)=C2S(=O)(=O)c2ccccc2)Oc2ccccc21. The highest BCUT2D eigenvalue weighted by molar-refractivity contribution is 7.95. The molecular weight excluding hydrogens is 532 g/mol. The summed E-state index contributed by atoms with van der Waals surface area (Å²) in [5.74, 6) is 2.17. The van der Waals surface area contributed by atoms with Crippen molar-refractivity contribution in [2.24, 2.45) is 0 Å². The number of rotatable bonds is 7. The molecular formula is C34H33N2O4S+. The van der Waals surface area contributed by atoms with Gasteiger partial charge in [-0.05, 0) is 86.7 Å². The maximum Gasteiger partial charge on any atom is 0.374 e. The number of allylic oxidation sites excluding steroid dienone is 5. The van der Waals surface area contributed by atoms with Gasteiger partial charge in [-0.25, -0.2) is 8.42 Å². The van der Waals surface area contributed by atoms with Crippen molar-refractivity contribution in [3.05, 3.63) is 125 Å². The van der Waals surface area contributed by atoms with E-state index in [0.29, 0.717) is 29.5 Å². The number of sulfone groups is 1. The number of nitrogens with zero attached hydrogens (tertiary/aromatic N) is 2. The average Bonchev–Trinajstić information content (AvgIpc) is 3.56. The zero-order chi connectivity index (χ0) is 28.4. The van der Waals surface area contributed by atoms with Gasteiger partial charge in [0.1, 0.15) is 6.54 Å². The summed E-state index contributed by atoms with van der Waals surface area (Å²) in [5.41, 5.74) is 4.37. The third-order valence-electron chi connectivity index (χ3n) is 7.56. The van der Waals surface area contributed by atoms with Crippen molar-refractivity contribution >= 4 is 32.7 Å². The molecule has 1 aromatic heterocycles. The van der Waals surface area contributed by atoms with E-state index < -0.39 is 9.84 Å². The molecule has 0 saturated heterocycles. The molecule has 1 aliphatic heterocycles. The van der Waals surface area contributed by atoms with Gasteiger partial charge in [0.15, 0.2) is 5.75 Å². The molecule has 4 aromatic rings. The number of hydrogen-bond acceptors (Lipinski definition) is 5. The van der Waals surface area contributed by atoms with E-state index in [4.69, 9.17) is 9.15 Å². The number of fused-ring (bicyclic) bond motifs is 2. The van der Waals surface area contributed by atoms with Crippen LogP contribution in [0.15, 0.2) is 128 Å². The Kier molecular flexibility index (Phi) is 7.37. The lowest BCUT2D eigenvalue weighted by Gasteiger charge is -2.22. The molecule has 0 spiro atoms. The molecule has 0 amide bonds. The summed E-state index contributed by atoms with van der Waals surface area (Å²) < 4.78 is 42.7. The number of anilines is 1. The predicted molar refractivity (Wildman–Crippen MR) is 162 cm³/mol. The van der Waals surface area contributed by atoms with Crippen LogP contribution in [0.2, 0.25) is 0 Å². The van der Waals surface area contributed by atoms with Crippen LogP contribution in [-0.4, -0.2) is 15.0 Å². The molecule has 0 radical (unpaired) electrons. The van der Waals surface area contributed by atoms with Crippen molar-refractivity contribution in [2.75, 3.05) is 11.4 Å². The summed E-state index contributed by atoms with van der Waals surface area (Å²) in [7, 11) is -3.78. The first-order chi connectivity index (χ1) is 20.0. The van der Waals surface area contributed by atoms with E-state index in [1.807, 2.05) is 78.9 Å². The van der Waals surface area contributed by atoms with Crippen molar-refractivity contribution in [1.82, 2.24) is 0 Å². The quantitative estimate of drug-likeness (QED) is 0.219. The maximum absolute atomic E-state index is 14.2. The summed E-state index contributed by atoms with van der Waals surface area (Å²) in [5, 5.41) is 0. The standard InChI is InChI=1S/C34H33N2O4S/c1-3-35-28-17-8-10-19-30(28)39-32(35)23-21-25-13-12-14-26(34(25)41(37,38)27-15-6-5-7-16-27)22-24-33-36(4-2)29-18-9-11-20-31(29)40-33/h5-11,15-24H,3-4,12-14H2,1-2H3/q+1. The Bertz CT molecular complexity index is 1830. The maximum atomic E-state index is 14.2. The minimum Gasteiger partial charge on any atom is -0.439 e. The van der Waals surface area contributed by atoms with Crippen LogP contribution in [0.5, 0.6) is 5.75 Å². The molecule has 0 fully saturated rings. The third-order valence-corrected chi connectivity index (χ3v) is 9.51. The molecule has 3 aromatic carbocycles. The second kappa shape index (κ2) is 11.3. The number of oxazole rings is 1. The molecule has 0 unspecified atom stereocenters. The third kappa shape index (κ3) is 5.02. The molecule has 2 heterocycles. The number of para-hydroxylation sites is 4. The van der Waals surface area contributed by atoms with E-state index in [1.165, 1.54) is 0 Å². The molecule has 6 rings (SSSR count). The highest BCUT2D eigenvalue weighted by atomic mass is 32.2. The van der Waals surface area contributed by atoms with Crippen LogP contribution in [0, 0.1) is 0 Å².